The number of thioether (sulfide) groups is 1. The number of likely N-dealkylation sites (N-methyl/N-ethyl adjacent to an activating group) is 1. The Balaban J connectivity index is 1.53. The number of hydrogen-bond donors (Lipinski definition) is 0. The third kappa shape index (κ3) is 6.98. The molecule has 3 amide bonds. The molecule has 7 nitrogen and oxygen atoms in total. The molecular formula is C26H40N4O3S. The van der Waals surface area contributed by atoms with Crippen LogP contribution in [0.3, 0.4) is 0 Å². The fraction of sp³-hybridized carbons (Fsp3) is 0.654. The zero-order chi connectivity index (χ0) is 24.5. The maximum Gasteiger partial charge on any atom is 0.255 e. The average Bonchev–Trinajstić information content (AvgIpc) is 2.88. The molecule has 2 aliphatic rings. The Morgan fingerprint density at radius 3 is 2.24 bits per heavy atom. The number of hydrogen-bond acceptors (Lipinski definition) is 5. The van der Waals surface area contributed by atoms with Crippen molar-refractivity contribution in [3.63, 3.8) is 0 Å². The molecule has 0 bridgehead atoms. The van der Waals surface area contributed by atoms with Gasteiger partial charge in [-0.15, -0.1) is 11.8 Å². The smallest absolute Gasteiger partial charge is 0.255 e. The van der Waals surface area contributed by atoms with E-state index < -0.39 is 0 Å². The van der Waals surface area contributed by atoms with Gasteiger partial charge in [-0.2, -0.15) is 0 Å². The van der Waals surface area contributed by atoms with Crippen LogP contribution in [0.15, 0.2) is 29.2 Å². The summed E-state index contributed by atoms with van der Waals surface area (Å²) in [5, 5.41) is 0. The van der Waals surface area contributed by atoms with Gasteiger partial charge in [0.25, 0.3) is 5.91 Å². The first-order valence-corrected chi connectivity index (χ1v) is 13.7. The van der Waals surface area contributed by atoms with E-state index in [0.717, 1.165) is 30.8 Å². The number of nitrogens with zero attached hydrogens (tertiary/aromatic N) is 4. The molecule has 1 aliphatic heterocycles. The molecule has 0 radical (unpaired) electrons. The van der Waals surface area contributed by atoms with Crippen molar-refractivity contribution in [1.82, 2.24) is 19.6 Å². The van der Waals surface area contributed by atoms with Gasteiger partial charge in [-0.05, 0) is 38.8 Å². The average molecular weight is 489 g/mol. The molecule has 0 aromatic heterocycles. The predicted octanol–water partition coefficient (Wildman–Crippen LogP) is 3.20. The van der Waals surface area contributed by atoms with E-state index in [1.807, 2.05) is 59.9 Å². The van der Waals surface area contributed by atoms with Crippen molar-refractivity contribution in [3.05, 3.63) is 29.8 Å². The lowest BCUT2D eigenvalue weighted by molar-refractivity contribution is -0.132. The van der Waals surface area contributed by atoms with E-state index in [9.17, 15) is 14.4 Å². The van der Waals surface area contributed by atoms with E-state index in [4.69, 9.17) is 0 Å². The third-order valence-corrected chi connectivity index (χ3v) is 8.18. The van der Waals surface area contributed by atoms with Crippen molar-refractivity contribution in [2.45, 2.75) is 56.9 Å². The molecule has 0 N–H and O–H groups in total. The number of rotatable bonds is 9. The molecule has 1 aliphatic carbocycles. The topological polar surface area (TPSA) is 64.2 Å². The number of amides is 3. The van der Waals surface area contributed by atoms with Crippen LogP contribution in [0, 0.1) is 0 Å². The molecule has 1 aromatic carbocycles. The highest BCUT2D eigenvalue weighted by Gasteiger charge is 2.26. The second-order valence-corrected chi connectivity index (χ2v) is 10.2. The number of benzene rings is 1. The van der Waals surface area contributed by atoms with Crippen LogP contribution in [0.1, 0.15) is 56.3 Å². The summed E-state index contributed by atoms with van der Waals surface area (Å²) in [6.07, 6.45) is 5.85. The second-order valence-electron chi connectivity index (χ2n) is 9.22. The monoisotopic (exact) mass is 488 g/mol. The summed E-state index contributed by atoms with van der Waals surface area (Å²) in [4.78, 5) is 47.1. The van der Waals surface area contributed by atoms with Crippen molar-refractivity contribution in [2.75, 3.05) is 58.6 Å². The van der Waals surface area contributed by atoms with Crippen LogP contribution in [0.4, 0.5) is 0 Å². The fourth-order valence-electron chi connectivity index (χ4n) is 4.83. The first kappa shape index (κ1) is 26.5. The van der Waals surface area contributed by atoms with Gasteiger partial charge in [0.15, 0.2) is 0 Å². The minimum absolute atomic E-state index is 0.00547. The molecule has 188 valence electrons. The summed E-state index contributed by atoms with van der Waals surface area (Å²) in [6.45, 7) is 8.44. The SMILES string of the molecule is CCN(CC)C(=O)CN1CCN(C(=O)c2ccccc2SCC(=O)N(C)C2CCCCC2)CC1. The Bertz CT molecular complexity index is 831. The van der Waals surface area contributed by atoms with E-state index in [1.54, 1.807) is 0 Å². The van der Waals surface area contributed by atoms with Gasteiger partial charge in [0.2, 0.25) is 11.8 Å². The van der Waals surface area contributed by atoms with E-state index in [2.05, 4.69) is 4.90 Å². The van der Waals surface area contributed by atoms with Gasteiger partial charge in [0, 0.05) is 57.3 Å². The predicted molar refractivity (Wildman–Crippen MR) is 137 cm³/mol. The van der Waals surface area contributed by atoms with Crippen LogP contribution in [0.25, 0.3) is 0 Å². The molecule has 0 atom stereocenters. The molecule has 1 saturated carbocycles. The Morgan fingerprint density at radius 1 is 0.941 bits per heavy atom. The Morgan fingerprint density at radius 2 is 1.59 bits per heavy atom. The van der Waals surface area contributed by atoms with Gasteiger partial charge >= 0.3 is 0 Å². The summed E-state index contributed by atoms with van der Waals surface area (Å²) in [7, 11) is 1.92. The minimum atomic E-state index is 0.00547. The van der Waals surface area contributed by atoms with Crippen LogP contribution < -0.4 is 0 Å². The van der Waals surface area contributed by atoms with E-state index in [-0.39, 0.29) is 17.7 Å². The number of carbonyl (C=O) groups is 3. The van der Waals surface area contributed by atoms with Gasteiger partial charge in [0.05, 0.1) is 17.9 Å². The highest BCUT2D eigenvalue weighted by molar-refractivity contribution is 8.00. The van der Waals surface area contributed by atoms with E-state index in [1.165, 1.54) is 31.0 Å². The van der Waals surface area contributed by atoms with Crippen molar-refractivity contribution >= 4 is 29.5 Å². The van der Waals surface area contributed by atoms with Crippen LogP contribution >= 0.6 is 11.8 Å². The Labute approximate surface area is 208 Å². The molecule has 0 unspecified atom stereocenters. The van der Waals surface area contributed by atoms with Crippen LogP contribution in [0.2, 0.25) is 0 Å². The molecule has 34 heavy (non-hydrogen) atoms. The molecule has 1 saturated heterocycles. The number of carbonyl (C=O) groups excluding carboxylic acids is 3. The van der Waals surface area contributed by atoms with Crippen molar-refractivity contribution in [2.24, 2.45) is 0 Å². The summed E-state index contributed by atoms with van der Waals surface area (Å²) in [5.41, 5.74) is 0.660. The van der Waals surface area contributed by atoms with Crippen molar-refractivity contribution in [3.8, 4) is 0 Å². The summed E-state index contributed by atoms with van der Waals surface area (Å²) < 4.78 is 0. The second kappa shape index (κ2) is 13.1. The third-order valence-electron chi connectivity index (χ3n) is 7.12. The molecule has 8 heteroatoms. The van der Waals surface area contributed by atoms with Crippen LogP contribution in [-0.4, -0.2) is 102 Å². The summed E-state index contributed by atoms with van der Waals surface area (Å²) >= 11 is 1.46. The number of piperazine rings is 1. The Kier molecular flexibility index (Phi) is 10.3. The maximum atomic E-state index is 13.3. The molecule has 2 fully saturated rings. The highest BCUT2D eigenvalue weighted by atomic mass is 32.2. The Hall–Kier alpha value is -2.06. The largest absolute Gasteiger partial charge is 0.342 e. The van der Waals surface area contributed by atoms with Crippen molar-refractivity contribution in [1.29, 1.82) is 0 Å². The van der Waals surface area contributed by atoms with Gasteiger partial charge in [-0.1, -0.05) is 31.4 Å². The van der Waals surface area contributed by atoms with Crippen LogP contribution in [-0.2, 0) is 9.59 Å². The quantitative estimate of drug-likeness (QED) is 0.500. The van der Waals surface area contributed by atoms with E-state index in [0.29, 0.717) is 50.1 Å². The molecule has 1 aromatic rings. The highest BCUT2D eigenvalue weighted by Crippen LogP contribution is 2.26. The van der Waals surface area contributed by atoms with E-state index >= 15 is 0 Å². The normalized spacial score (nSPS) is 17.4. The zero-order valence-corrected chi connectivity index (χ0v) is 21.8. The summed E-state index contributed by atoms with van der Waals surface area (Å²) in [6, 6.07) is 7.95. The first-order chi connectivity index (χ1) is 16.4. The fourth-order valence-corrected chi connectivity index (χ4v) is 5.80. The lowest BCUT2D eigenvalue weighted by Gasteiger charge is -2.35. The zero-order valence-electron chi connectivity index (χ0n) is 21.0. The van der Waals surface area contributed by atoms with Gasteiger partial charge in [-0.3, -0.25) is 19.3 Å². The van der Waals surface area contributed by atoms with Gasteiger partial charge in [-0.25, -0.2) is 0 Å². The van der Waals surface area contributed by atoms with Crippen molar-refractivity contribution < 1.29 is 14.4 Å². The molecular weight excluding hydrogens is 448 g/mol. The standard InChI is InChI=1S/C26H40N4O3S/c1-4-29(5-2)24(31)19-28-15-17-30(18-16-28)26(33)22-13-9-10-14-23(22)34-20-25(32)27(3)21-11-7-6-8-12-21/h9-10,13-14,21H,4-8,11-12,15-20H2,1-3H3. The summed E-state index contributed by atoms with van der Waals surface area (Å²) in [5.74, 6) is 0.629. The lowest BCUT2D eigenvalue weighted by atomic mass is 9.94. The first-order valence-electron chi connectivity index (χ1n) is 12.7. The molecule has 0 spiro atoms. The van der Waals surface area contributed by atoms with Crippen LogP contribution in [0.5, 0.6) is 0 Å². The van der Waals surface area contributed by atoms with Gasteiger partial charge in [0.1, 0.15) is 0 Å². The maximum absolute atomic E-state index is 13.3. The van der Waals surface area contributed by atoms with Gasteiger partial charge < -0.3 is 14.7 Å². The lowest BCUT2D eigenvalue weighted by Crippen LogP contribution is -2.51. The molecule has 1 heterocycles. The minimum Gasteiger partial charge on any atom is -0.342 e. The molecule has 3 rings (SSSR count).